The molecule has 1 saturated heterocycles. The number of unbranched alkanes of at least 4 members (excludes halogenated alkanes) is 2. The van der Waals surface area contributed by atoms with Crippen molar-refractivity contribution in [2.24, 2.45) is 11.8 Å². The molecule has 0 bridgehead atoms. The Bertz CT molecular complexity index is 1720. The van der Waals surface area contributed by atoms with E-state index in [4.69, 9.17) is 0 Å². The first-order chi connectivity index (χ1) is 36.9. The second kappa shape index (κ2) is 48.9. The third kappa shape index (κ3) is 39.0. The molecule has 6 N–H and O–H groups in total. The summed E-state index contributed by atoms with van der Waals surface area (Å²) >= 11 is 0. The normalized spacial score (nSPS) is 18.8. The van der Waals surface area contributed by atoms with E-state index < -0.39 is 36.5 Å². The topological polar surface area (TPSA) is 146 Å². The Morgan fingerprint density at radius 2 is 0.671 bits per heavy atom. The molecule has 0 aliphatic carbocycles. The van der Waals surface area contributed by atoms with Crippen molar-refractivity contribution in [2.75, 3.05) is 39.3 Å². The van der Waals surface area contributed by atoms with Gasteiger partial charge in [-0.1, -0.05) is 187 Å². The fourth-order valence-corrected chi connectivity index (χ4v) is 8.56. The summed E-state index contributed by atoms with van der Waals surface area (Å²) in [4.78, 5) is 31.0. The molecule has 1 fully saturated rings. The summed E-state index contributed by atoms with van der Waals surface area (Å²) < 4.78 is 0. The van der Waals surface area contributed by atoms with E-state index in [1.54, 1.807) is 0 Å². The van der Waals surface area contributed by atoms with E-state index in [9.17, 15) is 30.0 Å². The van der Waals surface area contributed by atoms with Gasteiger partial charge in [0.15, 0.2) is 0 Å². The van der Waals surface area contributed by atoms with Crippen LogP contribution in [0.5, 0.6) is 0 Å². The predicted molar refractivity (Wildman–Crippen MR) is 324 cm³/mol. The largest absolute Gasteiger partial charge is 0.391 e. The van der Waals surface area contributed by atoms with Gasteiger partial charge in [0, 0.05) is 38.0 Å². The maximum absolute atomic E-state index is 13.4. The predicted octanol–water partition coefficient (Wildman–Crippen LogP) is 12.8. The molecule has 0 aromatic heterocycles. The highest BCUT2D eigenvalue weighted by molar-refractivity contribution is 5.96. The summed E-state index contributed by atoms with van der Waals surface area (Å²) in [6.07, 6.45) is 64.6. The molecule has 0 aromatic carbocycles. The van der Waals surface area contributed by atoms with E-state index >= 15 is 0 Å². The fraction of sp³-hybridized carbons (Fsp3) is 0.606. The number of allylic oxidation sites excluding steroid dienone is 20. The number of rotatable bonds is 46. The molecule has 1 aliphatic rings. The van der Waals surface area contributed by atoms with Crippen LogP contribution in [0.1, 0.15) is 170 Å². The number of aliphatic hydroxyl groups is 4. The van der Waals surface area contributed by atoms with Gasteiger partial charge in [0.25, 0.3) is 0 Å². The SMILES string of the molecule is CC/C=C\C/C=C\C/C=C\CC(O)CN(CCCCC1NC(=O)C(CCCCN(CC(O)C(C)/C=C\C/C=C\C/C=C\CC)CC(O)C(C)/C=C\C/C=C\C/C=C\CC)NC1=O)CC(O)C/C=C\C/C=C\C/C=C\CC. The van der Waals surface area contributed by atoms with Crippen LogP contribution in [0.15, 0.2) is 146 Å². The summed E-state index contributed by atoms with van der Waals surface area (Å²) in [5.41, 5.74) is 0. The molecular formula is C66H108N4O6. The van der Waals surface area contributed by atoms with Crippen LogP contribution < -0.4 is 10.6 Å². The Labute approximate surface area is 463 Å². The molecule has 2 amide bonds. The molecule has 8 atom stereocenters. The van der Waals surface area contributed by atoms with Gasteiger partial charge >= 0.3 is 0 Å². The van der Waals surface area contributed by atoms with Gasteiger partial charge in [0.2, 0.25) is 11.8 Å². The summed E-state index contributed by atoms with van der Waals surface area (Å²) in [7, 11) is 0. The highest BCUT2D eigenvalue weighted by Gasteiger charge is 2.33. The van der Waals surface area contributed by atoms with Crippen LogP contribution in [0.3, 0.4) is 0 Å². The molecule has 10 heteroatoms. The number of piperazine rings is 1. The standard InChI is InChI=1S/C66H108N4O6/c1-7-11-15-19-23-27-31-35-39-47-59(71)53-69(54-60(72)48-40-36-32-28-24-20-16-12-8-2)51-43-41-49-61-65(75)68-62(66(76)67-61)50-42-44-52-70(55-63(73)57(5)45-37-33-29-25-21-17-13-9-3)56-64(74)58(6)46-38-34-30-26-22-18-14-10-4/h11-18,23-30,35-40,45-46,57-64,71-74H,7-10,19-22,31-34,41-44,47-56H2,1-6H3,(H,67,76)(H,68,75)/b15-11-,16-12-,17-13-,18-14-,27-23-,28-24-,29-25-,30-26-,39-35-,40-36-,45-37-,46-38-. The summed E-state index contributed by atoms with van der Waals surface area (Å²) in [5.74, 6) is -0.481. The van der Waals surface area contributed by atoms with E-state index in [0.29, 0.717) is 77.8 Å². The second-order valence-corrected chi connectivity index (χ2v) is 20.4. The maximum atomic E-state index is 13.4. The van der Waals surface area contributed by atoms with Crippen molar-refractivity contribution in [2.45, 2.75) is 206 Å². The van der Waals surface area contributed by atoms with Crippen molar-refractivity contribution in [3.8, 4) is 0 Å². The minimum Gasteiger partial charge on any atom is -0.391 e. The van der Waals surface area contributed by atoms with Crippen molar-refractivity contribution in [3.63, 3.8) is 0 Å². The zero-order valence-electron chi connectivity index (χ0n) is 48.4. The first-order valence-corrected chi connectivity index (χ1v) is 29.6. The average Bonchev–Trinajstić information content (AvgIpc) is 3.40. The molecule has 10 nitrogen and oxygen atoms in total. The van der Waals surface area contributed by atoms with Crippen LogP contribution in [-0.4, -0.2) is 118 Å². The number of amides is 2. The van der Waals surface area contributed by atoms with Crippen molar-refractivity contribution >= 4 is 11.8 Å². The van der Waals surface area contributed by atoms with E-state index in [-0.39, 0.29) is 23.7 Å². The number of hydrogen-bond donors (Lipinski definition) is 6. The number of hydrogen-bond acceptors (Lipinski definition) is 8. The fourth-order valence-electron chi connectivity index (χ4n) is 8.56. The Hall–Kier alpha value is -4.42. The molecule has 1 aliphatic heterocycles. The van der Waals surface area contributed by atoms with Crippen molar-refractivity contribution in [1.82, 2.24) is 20.4 Å². The molecule has 76 heavy (non-hydrogen) atoms. The lowest BCUT2D eigenvalue weighted by Crippen LogP contribution is -2.61. The quantitative estimate of drug-likeness (QED) is 0.0261. The van der Waals surface area contributed by atoms with Crippen molar-refractivity contribution in [3.05, 3.63) is 146 Å². The van der Waals surface area contributed by atoms with E-state index in [1.165, 1.54) is 0 Å². The number of nitrogens with zero attached hydrogens (tertiary/aromatic N) is 2. The van der Waals surface area contributed by atoms with Crippen LogP contribution in [0.4, 0.5) is 0 Å². The zero-order valence-corrected chi connectivity index (χ0v) is 48.4. The summed E-state index contributed by atoms with van der Waals surface area (Å²) in [6, 6.07) is -1.22. The van der Waals surface area contributed by atoms with Gasteiger partial charge in [0.1, 0.15) is 12.1 Å². The molecule has 428 valence electrons. The second-order valence-electron chi connectivity index (χ2n) is 20.4. The third-order valence-electron chi connectivity index (χ3n) is 13.2. The van der Waals surface area contributed by atoms with Crippen LogP contribution in [0, 0.1) is 11.8 Å². The van der Waals surface area contributed by atoms with Gasteiger partial charge in [-0.2, -0.15) is 0 Å². The Morgan fingerprint density at radius 3 is 0.987 bits per heavy atom. The van der Waals surface area contributed by atoms with Gasteiger partial charge in [0.05, 0.1) is 24.4 Å². The lowest BCUT2D eigenvalue weighted by atomic mass is 9.99. The van der Waals surface area contributed by atoms with Gasteiger partial charge in [-0.05, 0) is 142 Å². The minimum atomic E-state index is -0.620. The molecule has 1 heterocycles. The van der Waals surface area contributed by atoms with Gasteiger partial charge in [-0.15, -0.1) is 0 Å². The van der Waals surface area contributed by atoms with E-state index in [2.05, 4.69) is 182 Å². The van der Waals surface area contributed by atoms with Gasteiger partial charge in [-0.3, -0.25) is 19.4 Å². The van der Waals surface area contributed by atoms with Crippen LogP contribution in [0.25, 0.3) is 0 Å². The highest BCUT2D eigenvalue weighted by atomic mass is 16.3. The van der Waals surface area contributed by atoms with Crippen molar-refractivity contribution in [1.29, 1.82) is 0 Å². The molecular weight excluding hydrogens is 945 g/mol. The number of nitrogens with one attached hydrogen (secondary N) is 2. The van der Waals surface area contributed by atoms with Crippen LogP contribution >= 0.6 is 0 Å². The first-order valence-electron chi connectivity index (χ1n) is 29.6. The molecule has 0 aromatic rings. The van der Waals surface area contributed by atoms with Crippen molar-refractivity contribution < 1.29 is 30.0 Å². The Morgan fingerprint density at radius 1 is 0.395 bits per heavy atom. The number of carbonyl (C=O) groups is 2. The highest BCUT2D eigenvalue weighted by Crippen LogP contribution is 2.16. The monoisotopic (exact) mass is 1050 g/mol. The molecule has 8 unspecified atom stereocenters. The molecule has 0 spiro atoms. The van der Waals surface area contributed by atoms with Crippen LogP contribution in [0.2, 0.25) is 0 Å². The van der Waals surface area contributed by atoms with E-state index in [1.807, 2.05) is 26.0 Å². The molecule has 0 radical (unpaired) electrons. The molecule has 1 rings (SSSR count). The Balaban J connectivity index is 2.82. The summed E-state index contributed by atoms with van der Waals surface area (Å²) in [5, 5.41) is 50.6. The minimum absolute atomic E-state index is 0.0691. The smallest absolute Gasteiger partial charge is 0.243 e. The lowest BCUT2D eigenvalue weighted by Gasteiger charge is -2.31. The van der Waals surface area contributed by atoms with Crippen LogP contribution in [-0.2, 0) is 9.59 Å². The maximum Gasteiger partial charge on any atom is 0.243 e. The number of carbonyl (C=O) groups excluding carboxylic acids is 2. The lowest BCUT2D eigenvalue weighted by molar-refractivity contribution is -0.137. The number of aliphatic hydroxyl groups excluding tert-OH is 4. The summed E-state index contributed by atoms with van der Waals surface area (Å²) in [6.45, 7) is 15.5. The zero-order chi connectivity index (χ0) is 55.7. The molecule has 0 saturated carbocycles. The van der Waals surface area contributed by atoms with Gasteiger partial charge < -0.3 is 31.1 Å². The van der Waals surface area contributed by atoms with Gasteiger partial charge in [-0.25, -0.2) is 0 Å². The third-order valence-corrected chi connectivity index (χ3v) is 13.2. The Kier molecular flexibility index (Phi) is 44.8. The first kappa shape index (κ1) is 69.6. The van der Waals surface area contributed by atoms with E-state index in [0.717, 1.165) is 89.9 Å². The average molecular weight is 1050 g/mol.